The summed E-state index contributed by atoms with van der Waals surface area (Å²) in [5, 5.41) is 56.6. The number of aliphatic carboxylic acids is 6. The number of unbranched alkanes of at least 4 members (excludes halogenated alkanes) is 3. The second-order valence-electron chi connectivity index (χ2n) is 14.1. The Kier molecular flexibility index (Phi) is 22.7. The fourth-order valence-corrected chi connectivity index (χ4v) is 6.73. The zero-order valence-corrected chi connectivity index (χ0v) is 31.5. The molecule has 0 unspecified atom stereocenters. The third kappa shape index (κ3) is 22.7. The van der Waals surface area contributed by atoms with Crippen molar-refractivity contribution in [2.24, 2.45) is 0 Å². The van der Waals surface area contributed by atoms with Gasteiger partial charge in [0.2, 0.25) is 0 Å². The highest BCUT2D eigenvalue weighted by molar-refractivity contribution is 5.70. The van der Waals surface area contributed by atoms with Crippen LogP contribution in [0.4, 0.5) is 0 Å². The minimum absolute atomic E-state index is 0.165. The first-order valence-electron chi connectivity index (χ1n) is 18.8. The Morgan fingerprint density at radius 2 is 0.407 bits per heavy atom. The third-order valence-electron chi connectivity index (χ3n) is 9.71. The van der Waals surface area contributed by atoms with Gasteiger partial charge in [-0.25, -0.2) is 0 Å². The van der Waals surface area contributed by atoms with Gasteiger partial charge in [0, 0.05) is 105 Å². The fraction of sp³-hybridized carbons (Fsp3) is 0.824. The summed E-state index contributed by atoms with van der Waals surface area (Å²) in [5.41, 5.74) is 0. The molecule has 2 fully saturated rings. The van der Waals surface area contributed by atoms with E-state index in [0.29, 0.717) is 105 Å². The average Bonchev–Trinajstić information content (AvgIpc) is 3.06. The minimum atomic E-state index is -1.00. The maximum Gasteiger partial charge on any atom is 0.317 e. The molecule has 20 nitrogen and oxygen atoms in total. The summed E-state index contributed by atoms with van der Waals surface area (Å²) in [5.74, 6) is -5.85. The van der Waals surface area contributed by atoms with Crippen molar-refractivity contribution in [3.63, 3.8) is 0 Å². The van der Waals surface area contributed by atoms with Crippen LogP contribution >= 0.6 is 0 Å². The van der Waals surface area contributed by atoms with Gasteiger partial charge in [-0.3, -0.25) is 58.2 Å². The third-order valence-corrected chi connectivity index (χ3v) is 9.71. The number of hydrogen-bond donors (Lipinski definition) is 6. The molecule has 2 rings (SSSR count). The Labute approximate surface area is 317 Å². The highest BCUT2D eigenvalue weighted by Gasteiger charge is 2.22. The maximum atomic E-state index is 11.6. The number of hydrogen-bond acceptors (Lipinski definition) is 14. The predicted octanol–water partition coefficient (Wildman–Crippen LogP) is -2.50. The zero-order chi connectivity index (χ0) is 39.9. The lowest BCUT2D eigenvalue weighted by Crippen LogP contribution is -2.48. The van der Waals surface area contributed by atoms with Crippen molar-refractivity contribution in [2.45, 2.75) is 25.7 Å². The molecule has 2 heterocycles. The van der Waals surface area contributed by atoms with Crippen LogP contribution in [-0.4, -0.2) is 263 Å². The smallest absolute Gasteiger partial charge is 0.317 e. The van der Waals surface area contributed by atoms with Crippen LogP contribution in [0.2, 0.25) is 0 Å². The van der Waals surface area contributed by atoms with Crippen LogP contribution < -0.4 is 0 Å². The number of carboxylic acid groups (broad SMARTS) is 6. The molecular formula is C34H62N8O12. The number of carbonyl (C=O) groups is 6. The lowest BCUT2D eigenvalue weighted by atomic mass is 10.1. The van der Waals surface area contributed by atoms with Gasteiger partial charge < -0.3 is 40.4 Å². The van der Waals surface area contributed by atoms with Gasteiger partial charge in [0.15, 0.2) is 0 Å². The van der Waals surface area contributed by atoms with Crippen LogP contribution in [-0.2, 0) is 28.8 Å². The molecule has 54 heavy (non-hydrogen) atoms. The summed E-state index contributed by atoms with van der Waals surface area (Å²) >= 11 is 0. The quantitative estimate of drug-likeness (QED) is 0.0742. The second-order valence-corrected chi connectivity index (χ2v) is 14.1. The monoisotopic (exact) mass is 774 g/mol. The van der Waals surface area contributed by atoms with Crippen molar-refractivity contribution in [2.75, 3.05) is 157 Å². The molecule has 0 saturated carbocycles. The largest absolute Gasteiger partial charge is 0.480 e. The fourth-order valence-electron chi connectivity index (χ4n) is 6.73. The second kappa shape index (κ2) is 26.3. The molecular weight excluding hydrogens is 712 g/mol. The van der Waals surface area contributed by atoms with Gasteiger partial charge in [0.1, 0.15) is 0 Å². The molecule has 6 N–H and O–H groups in total. The first kappa shape index (κ1) is 46.7. The summed E-state index contributed by atoms with van der Waals surface area (Å²) in [6.45, 7) is 7.43. The molecule has 0 amide bonds. The summed E-state index contributed by atoms with van der Waals surface area (Å²) in [7, 11) is 0. The Morgan fingerprint density at radius 3 is 0.556 bits per heavy atom. The molecule has 310 valence electrons. The van der Waals surface area contributed by atoms with Crippen LogP contribution in [0.25, 0.3) is 0 Å². The van der Waals surface area contributed by atoms with E-state index in [1.807, 2.05) is 0 Å². The maximum absolute atomic E-state index is 11.6. The van der Waals surface area contributed by atoms with Gasteiger partial charge in [-0.2, -0.15) is 0 Å². The molecule has 0 spiro atoms. The molecule has 0 aromatic rings. The van der Waals surface area contributed by atoms with Crippen molar-refractivity contribution in [3.05, 3.63) is 0 Å². The van der Waals surface area contributed by atoms with E-state index in [2.05, 4.69) is 9.80 Å². The first-order valence-corrected chi connectivity index (χ1v) is 18.8. The van der Waals surface area contributed by atoms with E-state index in [1.54, 1.807) is 29.4 Å². The Bertz CT molecular complexity index is 1030. The minimum Gasteiger partial charge on any atom is -0.480 e. The van der Waals surface area contributed by atoms with Gasteiger partial charge in [-0.15, -0.1) is 0 Å². The normalized spacial score (nSPS) is 20.2. The van der Waals surface area contributed by atoms with Gasteiger partial charge in [-0.05, 0) is 25.9 Å². The lowest BCUT2D eigenvalue weighted by molar-refractivity contribution is -0.140. The summed E-state index contributed by atoms with van der Waals surface area (Å²) < 4.78 is 0. The van der Waals surface area contributed by atoms with Gasteiger partial charge in [0.25, 0.3) is 0 Å². The molecule has 0 radical (unpaired) electrons. The Morgan fingerprint density at radius 1 is 0.259 bits per heavy atom. The molecule has 0 aromatic carbocycles. The highest BCUT2D eigenvalue weighted by Crippen LogP contribution is 2.08. The SMILES string of the molecule is O=C(O)CN1CCN(CCCCCCN2CCN(CC(=O)O)CCN(CC(=O)O)CCN(CC(=O)O)CC2)CCN(CC(=O)O)CCN(CC(=O)O)CC1. The molecule has 0 aromatic heterocycles. The van der Waals surface area contributed by atoms with E-state index < -0.39 is 35.8 Å². The van der Waals surface area contributed by atoms with Crippen LogP contribution in [0, 0.1) is 0 Å². The Hall–Kier alpha value is -3.50. The van der Waals surface area contributed by atoms with Gasteiger partial charge in [-0.1, -0.05) is 12.8 Å². The number of nitrogens with zero attached hydrogens (tertiary/aromatic N) is 8. The predicted molar refractivity (Wildman–Crippen MR) is 196 cm³/mol. The summed E-state index contributed by atoms with van der Waals surface area (Å²) in [4.78, 5) is 84.2. The lowest BCUT2D eigenvalue weighted by Gasteiger charge is -2.33. The standard InChI is InChI=1S/C34H62N8O12/c43-29(44)23-37-11-7-35(8-12-38(24-30(45)46)16-20-41(19-15-37)27-33(51)52)5-3-1-2-4-6-36-9-13-39(25-31(47)48)17-21-42(28-34(53)54)22-18-40(14-10-36)26-32(49)50/h1-28H2,(H,43,44)(H,45,46)(H,47,48)(H,49,50)(H,51,52)(H,53,54). The Balaban J connectivity index is 1.98. The van der Waals surface area contributed by atoms with Gasteiger partial charge >= 0.3 is 35.8 Å². The van der Waals surface area contributed by atoms with Crippen LogP contribution in [0.3, 0.4) is 0 Å². The molecule has 0 atom stereocenters. The number of rotatable bonds is 19. The summed E-state index contributed by atoms with van der Waals surface area (Å²) in [6.07, 6.45) is 3.58. The van der Waals surface area contributed by atoms with Crippen molar-refractivity contribution in [1.82, 2.24) is 39.2 Å². The van der Waals surface area contributed by atoms with E-state index in [4.69, 9.17) is 0 Å². The van der Waals surface area contributed by atoms with E-state index in [1.165, 1.54) is 0 Å². The van der Waals surface area contributed by atoms with E-state index in [0.717, 1.165) is 38.8 Å². The van der Waals surface area contributed by atoms with Crippen molar-refractivity contribution in [1.29, 1.82) is 0 Å². The van der Waals surface area contributed by atoms with Crippen LogP contribution in [0.1, 0.15) is 25.7 Å². The van der Waals surface area contributed by atoms with Crippen LogP contribution in [0.5, 0.6) is 0 Å². The molecule has 2 saturated heterocycles. The summed E-state index contributed by atoms with van der Waals surface area (Å²) in [6, 6.07) is 0. The topological polar surface area (TPSA) is 250 Å². The zero-order valence-electron chi connectivity index (χ0n) is 31.5. The number of carboxylic acids is 6. The van der Waals surface area contributed by atoms with Crippen molar-refractivity contribution in [3.8, 4) is 0 Å². The van der Waals surface area contributed by atoms with Crippen molar-refractivity contribution >= 4 is 35.8 Å². The van der Waals surface area contributed by atoms with Crippen molar-refractivity contribution < 1.29 is 59.4 Å². The molecule has 20 heteroatoms. The first-order chi connectivity index (χ1) is 25.7. The van der Waals surface area contributed by atoms with E-state index in [9.17, 15) is 59.4 Å². The van der Waals surface area contributed by atoms with Gasteiger partial charge in [0.05, 0.1) is 39.3 Å². The average molecular weight is 775 g/mol. The van der Waals surface area contributed by atoms with E-state index in [-0.39, 0.29) is 39.3 Å². The van der Waals surface area contributed by atoms with Crippen LogP contribution in [0.15, 0.2) is 0 Å². The molecule has 0 bridgehead atoms. The van der Waals surface area contributed by atoms with E-state index >= 15 is 0 Å². The molecule has 2 aliphatic rings. The highest BCUT2D eigenvalue weighted by atomic mass is 16.4. The molecule has 0 aliphatic carbocycles. The molecule has 2 aliphatic heterocycles.